The molecule has 6 N–H and O–H groups in total. The number of aromatic nitrogens is 1. The highest BCUT2D eigenvalue weighted by Gasteiger charge is 2.28. The van der Waals surface area contributed by atoms with Gasteiger partial charge in [-0.05, 0) is 23.6 Å². The van der Waals surface area contributed by atoms with Gasteiger partial charge in [0.25, 0.3) is 0 Å². The normalized spacial score (nSPS) is 13.8. The molecule has 32 heavy (non-hydrogen) atoms. The van der Waals surface area contributed by atoms with Crippen LogP contribution in [0.15, 0.2) is 60.8 Å². The van der Waals surface area contributed by atoms with Gasteiger partial charge in [0, 0.05) is 29.3 Å². The van der Waals surface area contributed by atoms with Gasteiger partial charge in [-0.1, -0.05) is 48.5 Å². The summed E-state index contributed by atoms with van der Waals surface area (Å²) in [5.41, 5.74) is 8.69. The number of aromatic amines is 1. The molecule has 0 saturated heterocycles. The van der Waals surface area contributed by atoms with Crippen LogP contribution in [-0.2, 0) is 27.2 Å². The summed E-state index contributed by atoms with van der Waals surface area (Å²) in [7, 11) is 0. The first-order valence-corrected chi connectivity index (χ1v) is 10.8. The van der Waals surface area contributed by atoms with Crippen LogP contribution in [0.3, 0.4) is 0 Å². The topological polar surface area (TPSA) is 137 Å². The first-order valence-electron chi connectivity index (χ1n) is 10.2. The number of nitrogens with two attached hydrogens (primary N) is 1. The second kappa shape index (κ2) is 10.8. The highest BCUT2D eigenvalue weighted by Crippen LogP contribution is 2.19. The molecule has 0 radical (unpaired) electrons. The summed E-state index contributed by atoms with van der Waals surface area (Å²) in [6.07, 6.45) is 2.25. The van der Waals surface area contributed by atoms with Gasteiger partial charge in [0.1, 0.15) is 12.1 Å². The van der Waals surface area contributed by atoms with Crippen molar-refractivity contribution in [1.29, 1.82) is 0 Å². The van der Waals surface area contributed by atoms with Crippen LogP contribution in [-0.4, -0.2) is 51.8 Å². The van der Waals surface area contributed by atoms with Gasteiger partial charge in [-0.3, -0.25) is 9.59 Å². The Hall–Kier alpha value is -3.30. The smallest absolute Gasteiger partial charge is 0.327 e. The molecule has 0 aliphatic carbocycles. The van der Waals surface area contributed by atoms with Gasteiger partial charge < -0.3 is 26.5 Å². The van der Waals surface area contributed by atoms with Crippen molar-refractivity contribution in [2.75, 3.05) is 5.75 Å². The van der Waals surface area contributed by atoms with E-state index in [1.165, 1.54) is 0 Å². The molecule has 0 spiro atoms. The van der Waals surface area contributed by atoms with E-state index in [0.29, 0.717) is 6.42 Å². The number of fused-ring (bicyclic) bond motifs is 1. The third kappa shape index (κ3) is 5.89. The van der Waals surface area contributed by atoms with E-state index < -0.39 is 35.9 Å². The molecular weight excluding hydrogens is 428 g/mol. The van der Waals surface area contributed by atoms with Crippen LogP contribution < -0.4 is 16.4 Å². The van der Waals surface area contributed by atoms with E-state index in [1.54, 1.807) is 6.20 Å². The minimum atomic E-state index is -1.20. The molecule has 3 atom stereocenters. The molecule has 168 valence electrons. The van der Waals surface area contributed by atoms with Crippen LogP contribution in [0.1, 0.15) is 11.1 Å². The van der Waals surface area contributed by atoms with E-state index in [1.807, 2.05) is 54.6 Å². The Balaban J connectivity index is 1.78. The van der Waals surface area contributed by atoms with Crippen molar-refractivity contribution in [3.63, 3.8) is 0 Å². The molecule has 2 aromatic carbocycles. The molecule has 1 aromatic heterocycles. The monoisotopic (exact) mass is 454 g/mol. The van der Waals surface area contributed by atoms with Crippen molar-refractivity contribution in [1.82, 2.24) is 15.6 Å². The van der Waals surface area contributed by atoms with Crippen molar-refractivity contribution < 1.29 is 19.5 Å². The number of H-pyrrole nitrogens is 1. The largest absolute Gasteiger partial charge is 0.480 e. The average Bonchev–Trinajstić information content (AvgIpc) is 3.20. The summed E-state index contributed by atoms with van der Waals surface area (Å²) in [6.45, 7) is 0. The van der Waals surface area contributed by atoms with E-state index in [2.05, 4.69) is 28.2 Å². The number of thiol groups is 1. The standard InChI is InChI=1S/C23H26N4O4S/c24-17(10-14-6-2-1-3-7-14)21(28)26-19(22(29)27-20(13-32)23(30)31)11-15-12-25-18-9-5-4-8-16(15)18/h1-9,12,17,19-20,25,32H,10-11,13,24H2,(H,26,28)(H,27,29)(H,30,31)/t17-,19-,20-/m0/s1. The fourth-order valence-electron chi connectivity index (χ4n) is 3.43. The average molecular weight is 455 g/mol. The number of hydrogen-bond acceptors (Lipinski definition) is 5. The predicted octanol–water partition coefficient (Wildman–Crippen LogP) is 1.26. The van der Waals surface area contributed by atoms with Crippen LogP contribution in [0.2, 0.25) is 0 Å². The Labute approximate surface area is 191 Å². The quantitative estimate of drug-likeness (QED) is 0.256. The van der Waals surface area contributed by atoms with Gasteiger partial charge in [0.2, 0.25) is 11.8 Å². The first kappa shape index (κ1) is 23.4. The SMILES string of the molecule is N[C@@H](Cc1ccccc1)C(=O)N[C@@H](Cc1c[nH]c2ccccc12)C(=O)N[C@@H](CS)C(=O)O. The fourth-order valence-corrected chi connectivity index (χ4v) is 3.67. The molecule has 9 heteroatoms. The zero-order valence-corrected chi connectivity index (χ0v) is 18.2. The summed E-state index contributed by atoms with van der Waals surface area (Å²) >= 11 is 3.99. The molecule has 3 rings (SSSR count). The van der Waals surface area contributed by atoms with E-state index >= 15 is 0 Å². The Bertz CT molecular complexity index is 1090. The molecule has 0 fully saturated rings. The summed E-state index contributed by atoms with van der Waals surface area (Å²) in [5, 5.41) is 15.3. The number of carbonyl (C=O) groups is 3. The molecule has 0 bridgehead atoms. The number of carboxylic acids is 1. The molecule has 0 aliphatic heterocycles. The number of benzene rings is 2. The predicted molar refractivity (Wildman–Crippen MR) is 125 cm³/mol. The van der Waals surface area contributed by atoms with Gasteiger partial charge >= 0.3 is 5.97 Å². The minimum absolute atomic E-state index is 0.0810. The van der Waals surface area contributed by atoms with Gasteiger partial charge in [0.15, 0.2) is 0 Å². The highest BCUT2D eigenvalue weighted by molar-refractivity contribution is 7.80. The summed E-state index contributed by atoms with van der Waals surface area (Å²) < 4.78 is 0. The van der Waals surface area contributed by atoms with E-state index in [-0.39, 0.29) is 12.2 Å². The van der Waals surface area contributed by atoms with Gasteiger partial charge in [-0.15, -0.1) is 0 Å². The van der Waals surface area contributed by atoms with E-state index in [0.717, 1.165) is 22.0 Å². The lowest BCUT2D eigenvalue weighted by atomic mass is 10.0. The number of carbonyl (C=O) groups excluding carboxylic acids is 2. The van der Waals surface area contributed by atoms with Crippen molar-refractivity contribution in [3.8, 4) is 0 Å². The van der Waals surface area contributed by atoms with Crippen LogP contribution in [0.25, 0.3) is 10.9 Å². The Morgan fingerprint density at radius 2 is 1.59 bits per heavy atom. The lowest BCUT2D eigenvalue weighted by Gasteiger charge is -2.22. The maximum Gasteiger partial charge on any atom is 0.327 e. The molecule has 0 saturated carbocycles. The van der Waals surface area contributed by atoms with Gasteiger partial charge in [-0.25, -0.2) is 4.79 Å². The van der Waals surface area contributed by atoms with Gasteiger partial charge in [0.05, 0.1) is 6.04 Å². The maximum atomic E-state index is 12.9. The number of hydrogen-bond donors (Lipinski definition) is 6. The highest BCUT2D eigenvalue weighted by atomic mass is 32.1. The number of rotatable bonds is 10. The third-order valence-electron chi connectivity index (χ3n) is 5.16. The van der Waals surface area contributed by atoms with E-state index in [4.69, 9.17) is 5.73 Å². The van der Waals surface area contributed by atoms with Crippen molar-refractivity contribution in [2.45, 2.75) is 31.0 Å². The number of amides is 2. The summed E-state index contributed by atoms with van der Waals surface area (Å²) in [4.78, 5) is 40.2. The van der Waals surface area contributed by atoms with Crippen LogP contribution in [0.5, 0.6) is 0 Å². The molecule has 2 amide bonds. The lowest BCUT2D eigenvalue weighted by molar-refractivity contribution is -0.141. The number of nitrogens with one attached hydrogen (secondary N) is 3. The third-order valence-corrected chi connectivity index (χ3v) is 5.53. The fraction of sp³-hybridized carbons (Fsp3) is 0.261. The maximum absolute atomic E-state index is 12.9. The number of para-hydroxylation sites is 1. The molecular formula is C23H26N4O4S. The molecule has 0 aliphatic rings. The van der Waals surface area contributed by atoms with E-state index in [9.17, 15) is 19.5 Å². The molecule has 8 nitrogen and oxygen atoms in total. The van der Waals surface area contributed by atoms with Crippen LogP contribution >= 0.6 is 12.6 Å². The van der Waals surface area contributed by atoms with Crippen molar-refractivity contribution in [3.05, 3.63) is 71.9 Å². The van der Waals surface area contributed by atoms with Crippen molar-refractivity contribution >= 4 is 41.3 Å². The van der Waals surface area contributed by atoms with Crippen molar-refractivity contribution in [2.24, 2.45) is 5.73 Å². The minimum Gasteiger partial charge on any atom is -0.480 e. The Morgan fingerprint density at radius 1 is 0.938 bits per heavy atom. The van der Waals surface area contributed by atoms with Crippen LogP contribution in [0.4, 0.5) is 0 Å². The zero-order valence-electron chi connectivity index (χ0n) is 17.3. The number of aliphatic carboxylic acids is 1. The Morgan fingerprint density at radius 3 is 2.28 bits per heavy atom. The zero-order chi connectivity index (χ0) is 23.1. The first-order chi connectivity index (χ1) is 15.4. The Kier molecular flexibility index (Phi) is 7.91. The lowest BCUT2D eigenvalue weighted by Crippen LogP contribution is -2.55. The summed E-state index contributed by atoms with van der Waals surface area (Å²) in [5.74, 6) is -2.39. The molecule has 0 unspecified atom stereocenters. The van der Waals surface area contributed by atoms with Crippen LogP contribution in [0, 0.1) is 0 Å². The molecule has 3 aromatic rings. The second-order valence-electron chi connectivity index (χ2n) is 7.50. The second-order valence-corrected chi connectivity index (χ2v) is 7.87. The number of carboxylic acid groups (broad SMARTS) is 1. The summed E-state index contributed by atoms with van der Waals surface area (Å²) in [6, 6.07) is 13.9. The van der Waals surface area contributed by atoms with Gasteiger partial charge in [-0.2, -0.15) is 12.6 Å². The molecule has 1 heterocycles.